The maximum Gasteiger partial charge on any atom is 0.120 e. The lowest BCUT2D eigenvalue weighted by atomic mass is 10.1. The van der Waals surface area contributed by atoms with E-state index in [9.17, 15) is 0 Å². The van der Waals surface area contributed by atoms with Gasteiger partial charge in [-0.2, -0.15) is 0 Å². The summed E-state index contributed by atoms with van der Waals surface area (Å²) in [5.41, 5.74) is 0. The second kappa shape index (κ2) is 5.54. The molecular weight excluding hydrogens is 212 g/mol. The van der Waals surface area contributed by atoms with Crippen molar-refractivity contribution in [2.45, 2.75) is 25.4 Å². The van der Waals surface area contributed by atoms with Gasteiger partial charge in [0.2, 0.25) is 0 Å². The van der Waals surface area contributed by atoms with Crippen LogP contribution in [-0.4, -0.2) is 31.1 Å². The Kier molecular flexibility index (Phi) is 4.64. The summed E-state index contributed by atoms with van der Waals surface area (Å²) < 4.78 is 5.41. The van der Waals surface area contributed by atoms with Crippen LogP contribution >= 0.6 is 12.4 Å². The van der Waals surface area contributed by atoms with Gasteiger partial charge < -0.3 is 9.73 Å². The summed E-state index contributed by atoms with van der Waals surface area (Å²) in [4.78, 5) is 2.39. The Morgan fingerprint density at radius 2 is 2.40 bits per heavy atom. The van der Waals surface area contributed by atoms with Crippen LogP contribution in [0.3, 0.4) is 0 Å². The van der Waals surface area contributed by atoms with Gasteiger partial charge in [-0.1, -0.05) is 0 Å². The standard InChI is InChI=1S/C11H18N2O.ClH/c1-9(11-4-3-7-14-11)13(2)10-5-6-12-8-10;/h3-4,7,9-10,12H,5-6,8H2,1-2H3;1H. The first kappa shape index (κ1) is 12.6. The van der Waals surface area contributed by atoms with E-state index in [1.807, 2.05) is 12.1 Å². The summed E-state index contributed by atoms with van der Waals surface area (Å²) in [6, 6.07) is 5.01. The number of hydrogen-bond acceptors (Lipinski definition) is 3. The van der Waals surface area contributed by atoms with E-state index < -0.39 is 0 Å². The number of likely N-dealkylation sites (N-methyl/N-ethyl adjacent to an activating group) is 1. The average Bonchev–Trinajstić information content (AvgIpc) is 2.87. The van der Waals surface area contributed by atoms with Crippen LogP contribution < -0.4 is 5.32 Å². The number of furan rings is 1. The Balaban J connectivity index is 0.00000112. The largest absolute Gasteiger partial charge is 0.468 e. The Labute approximate surface area is 97.2 Å². The van der Waals surface area contributed by atoms with Gasteiger partial charge in [-0.05, 0) is 39.1 Å². The van der Waals surface area contributed by atoms with E-state index in [4.69, 9.17) is 4.42 Å². The summed E-state index contributed by atoms with van der Waals surface area (Å²) in [5, 5.41) is 3.38. The van der Waals surface area contributed by atoms with E-state index in [1.54, 1.807) is 6.26 Å². The molecule has 2 atom stereocenters. The van der Waals surface area contributed by atoms with Crippen LogP contribution in [0.25, 0.3) is 0 Å². The fourth-order valence-corrected chi connectivity index (χ4v) is 2.03. The van der Waals surface area contributed by atoms with Crippen molar-refractivity contribution in [3.05, 3.63) is 24.2 Å². The van der Waals surface area contributed by atoms with Gasteiger partial charge >= 0.3 is 0 Å². The molecule has 4 heteroatoms. The molecule has 1 aliphatic rings. The quantitative estimate of drug-likeness (QED) is 0.862. The van der Waals surface area contributed by atoms with Gasteiger partial charge in [0.05, 0.1) is 12.3 Å². The van der Waals surface area contributed by atoms with Gasteiger partial charge in [-0.25, -0.2) is 0 Å². The van der Waals surface area contributed by atoms with Crippen LogP contribution in [0.4, 0.5) is 0 Å². The van der Waals surface area contributed by atoms with E-state index in [-0.39, 0.29) is 12.4 Å². The van der Waals surface area contributed by atoms with Gasteiger partial charge in [-0.15, -0.1) is 12.4 Å². The molecular formula is C11H19ClN2O. The molecule has 2 heterocycles. The number of nitrogens with zero attached hydrogens (tertiary/aromatic N) is 1. The lowest BCUT2D eigenvalue weighted by Gasteiger charge is -2.28. The molecule has 3 nitrogen and oxygen atoms in total. The van der Waals surface area contributed by atoms with Gasteiger partial charge in [-0.3, -0.25) is 4.90 Å². The minimum atomic E-state index is 0. The van der Waals surface area contributed by atoms with Crippen molar-refractivity contribution in [1.29, 1.82) is 0 Å². The summed E-state index contributed by atoms with van der Waals surface area (Å²) in [7, 11) is 2.17. The number of hydrogen-bond donors (Lipinski definition) is 1. The minimum absolute atomic E-state index is 0. The highest BCUT2D eigenvalue weighted by molar-refractivity contribution is 5.85. The molecule has 2 rings (SSSR count). The summed E-state index contributed by atoms with van der Waals surface area (Å²) in [6.45, 7) is 4.43. The van der Waals surface area contributed by atoms with Gasteiger partial charge in [0.25, 0.3) is 0 Å². The Morgan fingerprint density at radius 1 is 1.60 bits per heavy atom. The van der Waals surface area contributed by atoms with Crippen molar-refractivity contribution in [2.24, 2.45) is 0 Å². The Bertz CT molecular complexity index is 270. The topological polar surface area (TPSA) is 28.4 Å². The summed E-state index contributed by atoms with van der Waals surface area (Å²) in [6.07, 6.45) is 2.98. The summed E-state index contributed by atoms with van der Waals surface area (Å²) in [5.74, 6) is 1.06. The van der Waals surface area contributed by atoms with Gasteiger partial charge in [0.15, 0.2) is 0 Å². The molecule has 1 aromatic rings. The van der Waals surface area contributed by atoms with Crippen LogP contribution in [0.15, 0.2) is 22.8 Å². The number of rotatable bonds is 3. The fraction of sp³-hybridized carbons (Fsp3) is 0.636. The van der Waals surface area contributed by atoms with E-state index in [0.29, 0.717) is 12.1 Å². The molecule has 0 saturated carbocycles. The highest BCUT2D eigenvalue weighted by Gasteiger charge is 2.24. The normalized spacial score (nSPS) is 22.7. The molecule has 1 fully saturated rings. The maximum absolute atomic E-state index is 5.41. The number of halogens is 1. The number of nitrogens with one attached hydrogen (secondary N) is 1. The molecule has 0 bridgehead atoms. The molecule has 0 aliphatic carbocycles. The van der Waals surface area contributed by atoms with Crippen molar-refractivity contribution in [3.8, 4) is 0 Å². The van der Waals surface area contributed by atoms with E-state index in [0.717, 1.165) is 18.8 Å². The van der Waals surface area contributed by atoms with Crippen LogP contribution in [0, 0.1) is 0 Å². The third-order valence-electron chi connectivity index (χ3n) is 3.18. The molecule has 1 saturated heterocycles. The molecule has 86 valence electrons. The lowest BCUT2D eigenvalue weighted by molar-refractivity contribution is 0.176. The van der Waals surface area contributed by atoms with Crippen molar-refractivity contribution in [3.63, 3.8) is 0 Å². The monoisotopic (exact) mass is 230 g/mol. The maximum atomic E-state index is 5.41. The zero-order valence-electron chi connectivity index (χ0n) is 9.27. The predicted octanol–water partition coefficient (Wildman–Crippen LogP) is 2.06. The van der Waals surface area contributed by atoms with E-state index in [1.165, 1.54) is 6.42 Å². The molecule has 0 spiro atoms. The molecule has 1 N–H and O–H groups in total. The molecule has 0 aromatic carbocycles. The zero-order valence-corrected chi connectivity index (χ0v) is 10.1. The summed E-state index contributed by atoms with van der Waals surface area (Å²) >= 11 is 0. The van der Waals surface area contributed by atoms with Crippen LogP contribution in [0.5, 0.6) is 0 Å². The predicted molar refractivity (Wildman–Crippen MR) is 63.4 cm³/mol. The smallest absolute Gasteiger partial charge is 0.120 e. The first-order valence-corrected chi connectivity index (χ1v) is 5.25. The third kappa shape index (κ3) is 2.74. The third-order valence-corrected chi connectivity index (χ3v) is 3.18. The minimum Gasteiger partial charge on any atom is -0.468 e. The Morgan fingerprint density at radius 3 is 2.93 bits per heavy atom. The first-order valence-electron chi connectivity index (χ1n) is 5.25. The molecule has 1 aliphatic heterocycles. The van der Waals surface area contributed by atoms with Crippen LogP contribution in [0.1, 0.15) is 25.1 Å². The van der Waals surface area contributed by atoms with Crippen molar-refractivity contribution in [2.75, 3.05) is 20.1 Å². The fourth-order valence-electron chi connectivity index (χ4n) is 2.03. The second-order valence-electron chi connectivity index (χ2n) is 4.00. The van der Waals surface area contributed by atoms with E-state index >= 15 is 0 Å². The van der Waals surface area contributed by atoms with Crippen molar-refractivity contribution >= 4 is 12.4 Å². The van der Waals surface area contributed by atoms with Crippen molar-refractivity contribution in [1.82, 2.24) is 10.2 Å². The van der Waals surface area contributed by atoms with E-state index in [2.05, 4.69) is 24.2 Å². The van der Waals surface area contributed by atoms with Gasteiger partial charge in [0.1, 0.15) is 5.76 Å². The van der Waals surface area contributed by atoms with Crippen LogP contribution in [-0.2, 0) is 0 Å². The molecule has 0 radical (unpaired) electrons. The van der Waals surface area contributed by atoms with Crippen molar-refractivity contribution < 1.29 is 4.42 Å². The molecule has 0 amide bonds. The highest BCUT2D eigenvalue weighted by atomic mass is 35.5. The zero-order chi connectivity index (χ0) is 9.97. The van der Waals surface area contributed by atoms with Crippen LogP contribution in [0.2, 0.25) is 0 Å². The second-order valence-corrected chi connectivity index (χ2v) is 4.00. The highest BCUT2D eigenvalue weighted by Crippen LogP contribution is 2.22. The molecule has 1 aromatic heterocycles. The Hall–Kier alpha value is -0.510. The molecule has 2 unspecified atom stereocenters. The lowest BCUT2D eigenvalue weighted by Crippen LogP contribution is -2.35. The molecule has 15 heavy (non-hydrogen) atoms. The van der Waals surface area contributed by atoms with Gasteiger partial charge in [0, 0.05) is 12.6 Å². The first-order chi connectivity index (χ1) is 6.79. The average molecular weight is 231 g/mol. The SMILES string of the molecule is CC(c1ccco1)N(C)C1CCNC1.Cl.